The molecule has 0 aliphatic carbocycles. The summed E-state index contributed by atoms with van der Waals surface area (Å²) in [5.74, 6) is -0.710. The third-order valence-corrected chi connectivity index (χ3v) is 18.0. The van der Waals surface area contributed by atoms with Crippen molar-refractivity contribution >= 4 is 39.5 Å². The number of hydrogen-bond donors (Lipinski definition) is 3. The summed E-state index contributed by atoms with van der Waals surface area (Å²) < 4.78 is 68.3. The van der Waals surface area contributed by atoms with Gasteiger partial charge >= 0.3 is 39.5 Å². The Balaban J connectivity index is 5.33. The van der Waals surface area contributed by atoms with Crippen molar-refractivity contribution < 1.29 is 80.2 Å². The molecular formula is C73H134O17P2. The molecule has 0 radical (unpaired) electrons. The number of allylic oxidation sites excluding steroid dienone is 8. The van der Waals surface area contributed by atoms with E-state index in [0.717, 1.165) is 128 Å². The van der Waals surface area contributed by atoms with Crippen molar-refractivity contribution in [3.05, 3.63) is 48.6 Å². The van der Waals surface area contributed by atoms with Gasteiger partial charge in [-0.05, 0) is 88.9 Å². The fraction of sp³-hybridized carbons (Fsp3) is 0.836. The molecule has 0 aliphatic heterocycles. The van der Waals surface area contributed by atoms with Crippen molar-refractivity contribution in [3.63, 3.8) is 0 Å². The van der Waals surface area contributed by atoms with Crippen molar-refractivity contribution in [2.24, 2.45) is 11.8 Å². The molecule has 3 N–H and O–H groups in total. The van der Waals surface area contributed by atoms with Gasteiger partial charge in [-0.15, -0.1) is 0 Å². The Kier molecular flexibility index (Phi) is 62.0. The SMILES string of the molecule is CCCCCC/C=C\C=C/CCCCCCCC(=O)O[C@H](COC(=O)CCCCCCCCCCC(C)CC)COP(=O)(O)OCC(O)COP(=O)(O)OC[C@@H](COC(=O)CCCCCCCCCC(C)C)OC(=O)CCCCCCC/C=C\C=C/CCCCCC. The Bertz CT molecular complexity index is 1980. The molecule has 0 aliphatic rings. The number of hydrogen-bond acceptors (Lipinski definition) is 15. The molecule has 4 unspecified atom stereocenters. The minimum atomic E-state index is -4.97. The zero-order chi connectivity index (χ0) is 67.9. The van der Waals surface area contributed by atoms with Crippen LogP contribution in [0.4, 0.5) is 0 Å². The average molecular weight is 1350 g/mol. The van der Waals surface area contributed by atoms with Crippen LogP contribution in [0.1, 0.15) is 324 Å². The highest BCUT2D eigenvalue weighted by molar-refractivity contribution is 7.47. The van der Waals surface area contributed by atoms with E-state index in [1.54, 1.807) is 0 Å². The zero-order valence-electron chi connectivity index (χ0n) is 58.8. The maximum Gasteiger partial charge on any atom is 0.472 e. The van der Waals surface area contributed by atoms with Crippen LogP contribution in [0, 0.1) is 11.8 Å². The second kappa shape index (κ2) is 64.0. The third kappa shape index (κ3) is 64.4. The van der Waals surface area contributed by atoms with Gasteiger partial charge in [-0.1, -0.05) is 270 Å². The molecule has 0 heterocycles. The highest BCUT2D eigenvalue weighted by Crippen LogP contribution is 2.45. The highest BCUT2D eigenvalue weighted by atomic mass is 31.2. The molecule has 0 saturated carbocycles. The van der Waals surface area contributed by atoms with Crippen molar-refractivity contribution in [1.29, 1.82) is 0 Å². The topological polar surface area (TPSA) is 237 Å². The Morgan fingerprint density at radius 2 is 0.641 bits per heavy atom. The molecule has 19 heteroatoms. The number of ether oxygens (including phenoxy) is 4. The third-order valence-electron chi connectivity index (χ3n) is 16.1. The van der Waals surface area contributed by atoms with Crippen LogP contribution < -0.4 is 0 Å². The first kappa shape index (κ1) is 89.0. The van der Waals surface area contributed by atoms with Crippen LogP contribution in [0.2, 0.25) is 0 Å². The smallest absolute Gasteiger partial charge is 0.462 e. The summed E-state index contributed by atoms with van der Waals surface area (Å²) in [5, 5.41) is 10.6. The van der Waals surface area contributed by atoms with Gasteiger partial charge < -0.3 is 33.8 Å². The van der Waals surface area contributed by atoms with Gasteiger partial charge in [0.25, 0.3) is 0 Å². The number of phosphoric acid groups is 2. The van der Waals surface area contributed by atoms with Gasteiger partial charge in [0.2, 0.25) is 0 Å². The first-order chi connectivity index (χ1) is 44.4. The molecule has 17 nitrogen and oxygen atoms in total. The number of aliphatic hydroxyl groups is 1. The van der Waals surface area contributed by atoms with Gasteiger partial charge in [0.05, 0.1) is 26.4 Å². The van der Waals surface area contributed by atoms with Gasteiger partial charge in [0.15, 0.2) is 12.2 Å². The summed E-state index contributed by atoms with van der Waals surface area (Å²) >= 11 is 0. The summed E-state index contributed by atoms with van der Waals surface area (Å²) in [5.41, 5.74) is 0. The van der Waals surface area contributed by atoms with Crippen molar-refractivity contribution in [2.45, 2.75) is 342 Å². The lowest BCUT2D eigenvalue weighted by molar-refractivity contribution is -0.161. The number of aliphatic hydroxyl groups excluding tert-OH is 1. The molecule has 0 bridgehead atoms. The van der Waals surface area contributed by atoms with Crippen LogP contribution in [-0.4, -0.2) is 96.7 Å². The Morgan fingerprint density at radius 1 is 0.359 bits per heavy atom. The summed E-state index contributed by atoms with van der Waals surface area (Å²) in [6, 6.07) is 0. The quantitative estimate of drug-likeness (QED) is 0.0169. The van der Waals surface area contributed by atoms with E-state index in [1.165, 1.54) is 109 Å². The molecule has 92 heavy (non-hydrogen) atoms. The molecule has 0 aromatic carbocycles. The van der Waals surface area contributed by atoms with Crippen LogP contribution in [0.15, 0.2) is 48.6 Å². The summed E-state index contributed by atoms with van der Waals surface area (Å²) in [6.45, 7) is 9.37. The number of phosphoric ester groups is 2. The van der Waals surface area contributed by atoms with Crippen molar-refractivity contribution in [1.82, 2.24) is 0 Å². The lowest BCUT2D eigenvalue weighted by Crippen LogP contribution is -2.30. The minimum Gasteiger partial charge on any atom is -0.462 e. The van der Waals surface area contributed by atoms with E-state index in [2.05, 4.69) is 90.2 Å². The largest absolute Gasteiger partial charge is 0.472 e. The summed E-state index contributed by atoms with van der Waals surface area (Å²) in [6.07, 6.45) is 55.7. The van der Waals surface area contributed by atoms with Gasteiger partial charge in [-0.25, -0.2) is 9.13 Å². The molecule has 0 saturated heterocycles. The first-order valence-corrected chi connectivity index (χ1v) is 39.7. The van der Waals surface area contributed by atoms with Gasteiger partial charge in [-0.3, -0.25) is 37.3 Å². The van der Waals surface area contributed by atoms with E-state index in [4.69, 9.17) is 37.0 Å². The standard InChI is InChI=1S/C73H134O17P2/c1-7-10-12-14-16-18-20-22-24-26-28-30-38-45-51-57-72(77)89-68(61-83-70(75)55-49-43-37-33-32-36-42-48-54-66(6)9-3)63-87-91(79,80)85-59-67(74)60-86-92(81,82)88-64-69(62-84-71(76)56-50-44-40-34-35-41-47-53-65(4)5)90-73(78)58-52-46-39-31-29-27-25-23-21-19-17-15-13-11-8-2/h18-25,65-69,74H,7-17,26-64H2,1-6H3,(H,79,80)(H,81,82)/b20-18-,21-19-,24-22-,25-23-/t66?,67?,68-,69-/m1/s1. The molecule has 0 amide bonds. The zero-order valence-corrected chi connectivity index (χ0v) is 60.6. The normalized spacial score (nSPS) is 14.7. The molecular weight excluding hydrogens is 1210 g/mol. The lowest BCUT2D eigenvalue weighted by atomic mass is 9.99. The number of carbonyl (C=O) groups excluding carboxylic acids is 4. The van der Waals surface area contributed by atoms with E-state index in [9.17, 15) is 43.2 Å². The molecule has 0 spiro atoms. The van der Waals surface area contributed by atoms with Gasteiger partial charge in [-0.2, -0.15) is 0 Å². The number of unbranched alkanes of at least 4 members (excludes halogenated alkanes) is 31. The van der Waals surface area contributed by atoms with E-state index in [0.29, 0.717) is 31.6 Å². The molecule has 0 fully saturated rings. The van der Waals surface area contributed by atoms with Crippen LogP contribution in [0.3, 0.4) is 0 Å². The van der Waals surface area contributed by atoms with Crippen molar-refractivity contribution in [2.75, 3.05) is 39.6 Å². The molecule has 0 aromatic rings. The summed E-state index contributed by atoms with van der Waals surface area (Å²) in [7, 11) is -9.93. The first-order valence-electron chi connectivity index (χ1n) is 36.7. The van der Waals surface area contributed by atoms with E-state index >= 15 is 0 Å². The molecule has 538 valence electrons. The highest BCUT2D eigenvalue weighted by Gasteiger charge is 2.30. The fourth-order valence-corrected chi connectivity index (χ4v) is 11.6. The Hall–Kier alpha value is -2.98. The van der Waals surface area contributed by atoms with E-state index < -0.39 is 97.5 Å². The van der Waals surface area contributed by atoms with Crippen LogP contribution in [0.25, 0.3) is 0 Å². The molecule has 6 atom stereocenters. The van der Waals surface area contributed by atoms with Crippen LogP contribution in [-0.2, 0) is 65.4 Å². The monoisotopic (exact) mass is 1340 g/mol. The molecule has 0 aromatic heterocycles. The second-order valence-corrected chi connectivity index (χ2v) is 28.6. The number of esters is 4. The van der Waals surface area contributed by atoms with Crippen LogP contribution >= 0.6 is 15.6 Å². The predicted molar refractivity (Wildman–Crippen MR) is 372 cm³/mol. The average Bonchev–Trinajstić information content (AvgIpc) is 2.49. The van der Waals surface area contributed by atoms with Gasteiger partial charge in [0.1, 0.15) is 19.3 Å². The predicted octanol–water partition coefficient (Wildman–Crippen LogP) is 20.3. The number of carbonyl (C=O) groups is 4. The van der Waals surface area contributed by atoms with Crippen molar-refractivity contribution in [3.8, 4) is 0 Å². The maximum atomic E-state index is 13.0. The van der Waals surface area contributed by atoms with E-state index in [1.807, 2.05) is 0 Å². The second-order valence-electron chi connectivity index (χ2n) is 25.7. The lowest BCUT2D eigenvalue weighted by Gasteiger charge is -2.21. The number of rotatable bonds is 68. The van der Waals surface area contributed by atoms with Gasteiger partial charge in [0, 0.05) is 25.7 Å². The minimum absolute atomic E-state index is 0.0815. The molecule has 0 rings (SSSR count). The van der Waals surface area contributed by atoms with Crippen LogP contribution in [0.5, 0.6) is 0 Å². The maximum absolute atomic E-state index is 13.0. The Labute approximate surface area is 559 Å². The fourth-order valence-electron chi connectivity index (χ4n) is 10.0. The van der Waals surface area contributed by atoms with E-state index in [-0.39, 0.29) is 25.7 Å². The Morgan fingerprint density at radius 3 is 0.967 bits per heavy atom. The summed E-state index contributed by atoms with van der Waals surface area (Å²) in [4.78, 5) is 72.6.